The average Bonchev–Trinajstić information content (AvgIpc) is 3.36. The Morgan fingerprint density at radius 2 is 1.62 bits per heavy atom. The van der Waals surface area contributed by atoms with Gasteiger partial charge < -0.3 is 20.5 Å². The highest BCUT2D eigenvalue weighted by Crippen LogP contribution is 2.26. The molecule has 0 atom stereocenters. The van der Waals surface area contributed by atoms with Crippen LogP contribution in [0.4, 0.5) is 5.82 Å². The van der Waals surface area contributed by atoms with E-state index in [2.05, 4.69) is 44.8 Å². The van der Waals surface area contributed by atoms with Crippen molar-refractivity contribution in [2.24, 2.45) is 0 Å². The number of carbonyl (C=O) groups excluding carboxylic acids is 2. The van der Waals surface area contributed by atoms with Crippen molar-refractivity contribution in [3.8, 4) is 11.4 Å². The molecule has 4 aromatic rings. The van der Waals surface area contributed by atoms with Crippen molar-refractivity contribution in [1.82, 2.24) is 30.1 Å². The van der Waals surface area contributed by atoms with E-state index in [1.807, 2.05) is 47.4 Å². The van der Waals surface area contributed by atoms with Gasteiger partial charge in [0, 0.05) is 58.3 Å². The van der Waals surface area contributed by atoms with E-state index in [9.17, 15) is 9.59 Å². The first-order valence-corrected chi connectivity index (χ1v) is 12.6. The summed E-state index contributed by atoms with van der Waals surface area (Å²) in [5.41, 5.74) is 3.26. The Hall–Kier alpha value is -4.24. The number of amides is 2. The molecule has 5 rings (SSSR count). The molecule has 2 aromatic carbocycles. The zero-order valence-electron chi connectivity index (χ0n) is 20.9. The van der Waals surface area contributed by atoms with Crippen LogP contribution in [0.2, 0.25) is 0 Å². The lowest BCUT2D eigenvalue weighted by atomic mass is 10.2. The largest absolute Gasteiger partial charge is 0.368 e. The molecule has 9 nitrogen and oxygen atoms in total. The Labute approximate surface area is 215 Å². The van der Waals surface area contributed by atoms with Crippen LogP contribution in [0.5, 0.6) is 0 Å². The number of fused-ring (bicyclic) bond motifs is 1. The van der Waals surface area contributed by atoms with E-state index in [1.165, 1.54) is 12.5 Å². The molecule has 0 spiro atoms. The number of aromatic nitrogens is 3. The molecule has 1 saturated heterocycles. The molecule has 3 N–H and O–H groups in total. The highest BCUT2D eigenvalue weighted by atomic mass is 16.2. The summed E-state index contributed by atoms with van der Waals surface area (Å²) in [6.07, 6.45) is 0. The number of H-pyrrole nitrogens is 1. The Morgan fingerprint density at radius 3 is 2.32 bits per heavy atom. The van der Waals surface area contributed by atoms with E-state index in [-0.39, 0.29) is 11.8 Å². The Bertz CT molecular complexity index is 1360. The molecule has 37 heavy (non-hydrogen) atoms. The quantitative estimate of drug-likeness (QED) is 0.323. The summed E-state index contributed by atoms with van der Waals surface area (Å²) in [5.74, 6) is 1.06. The van der Waals surface area contributed by atoms with Gasteiger partial charge in [-0.2, -0.15) is 0 Å². The zero-order valence-corrected chi connectivity index (χ0v) is 20.9. The molecule has 1 fully saturated rings. The number of nitrogens with one attached hydrogen (secondary N) is 3. The number of carbonyl (C=O) groups is 2. The van der Waals surface area contributed by atoms with E-state index >= 15 is 0 Å². The van der Waals surface area contributed by atoms with Crippen LogP contribution in [-0.2, 0) is 11.3 Å². The summed E-state index contributed by atoms with van der Waals surface area (Å²) in [7, 11) is 0. The number of benzene rings is 2. The van der Waals surface area contributed by atoms with Gasteiger partial charge in [-0.25, -0.2) is 9.97 Å². The maximum atomic E-state index is 13.4. The third-order valence-corrected chi connectivity index (χ3v) is 6.45. The summed E-state index contributed by atoms with van der Waals surface area (Å²) in [6, 6.07) is 21.9. The lowest BCUT2D eigenvalue weighted by Gasteiger charge is -2.34. The summed E-state index contributed by atoms with van der Waals surface area (Å²) in [5, 5.41) is 6.82. The first-order chi connectivity index (χ1) is 18.1. The van der Waals surface area contributed by atoms with Gasteiger partial charge in [-0.15, -0.1) is 0 Å². The van der Waals surface area contributed by atoms with Gasteiger partial charge in [0.1, 0.15) is 17.2 Å². The first kappa shape index (κ1) is 24.5. The molecule has 1 aliphatic rings. The fraction of sp³-hybridized carbons (Fsp3) is 0.286. The molecule has 1 aliphatic heterocycles. The summed E-state index contributed by atoms with van der Waals surface area (Å²) >= 11 is 0. The average molecular weight is 498 g/mol. The van der Waals surface area contributed by atoms with Crippen LogP contribution in [0.1, 0.15) is 23.0 Å². The number of rotatable bonds is 8. The van der Waals surface area contributed by atoms with E-state index in [0.29, 0.717) is 49.2 Å². The predicted octanol–water partition coefficient (Wildman–Crippen LogP) is 3.13. The van der Waals surface area contributed by atoms with Crippen molar-refractivity contribution in [3.05, 3.63) is 78.0 Å². The Morgan fingerprint density at radius 1 is 0.919 bits per heavy atom. The Balaban J connectivity index is 1.33. The maximum Gasteiger partial charge on any atom is 0.270 e. The molecule has 0 bridgehead atoms. The minimum Gasteiger partial charge on any atom is -0.368 e. The second-order valence-corrected chi connectivity index (χ2v) is 9.17. The van der Waals surface area contributed by atoms with E-state index in [1.54, 1.807) is 0 Å². The van der Waals surface area contributed by atoms with Crippen LogP contribution in [0.25, 0.3) is 22.4 Å². The maximum absolute atomic E-state index is 13.4. The SMILES string of the molecule is CC(=O)NCCNc1nc(-c2ccccc2)nc2[nH]c(C(=O)N3CCN(Cc4ccccc4)CC3)cc12. The number of hydrogen-bond donors (Lipinski definition) is 3. The van der Waals surface area contributed by atoms with Crippen LogP contribution in [0, 0.1) is 0 Å². The summed E-state index contributed by atoms with van der Waals surface area (Å²) in [4.78, 5) is 41.6. The highest BCUT2D eigenvalue weighted by molar-refractivity contribution is 6.00. The molecule has 190 valence electrons. The third-order valence-electron chi connectivity index (χ3n) is 6.45. The monoisotopic (exact) mass is 497 g/mol. The van der Waals surface area contributed by atoms with Crippen molar-refractivity contribution in [1.29, 1.82) is 0 Å². The molecule has 2 amide bonds. The van der Waals surface area contributed by atoms with Gasteiger partial charge in [-0.3, -0.25) is 14.5 Å². The smallest absolute Gasteiger partial charge is 0.270 e. The molecule has 0 aliphatic carbocycles. The van der Waals surface area contributed by atoms with Gasteiger partial charge in [-0.05, 0) is 11.6 Å². The lowest BCUT2D eigenvalue weighted by Crippen LogP contribution is -2.48. The van der Waals surface area contributed by atoms with Crippen molar-refractivity contribution in [2.45, 2.75) is 13.5 Å². The molecule has 0 radical (unpaired) electrons. The number of aromatic amines is 1. The fourth-order valence-corrected chi connectivity index (χ4v) is 4.52. The van der Waals surface area contributed by atoms with E-state index in [0.717, 1.165) is 30.6 Å². The van der Waals surface area contributed by atoms with E-state index < -0.39 is 0 Å². The molecule has 0 saturated carbocycles. The van der Waals surface area contributed by atoms with Crippen molar-refractivity contribution < 1.29 is 9.59 Å². The zero-order chi connectivity index (χ0) is 25.6. The number of piperazine rings is 1. The van der Waals surface area contributed by atoms with Gasteiger partial charge in [0.25, 0.3) is 5.91 Å². The molecular formula is C28H31N7O2. The van der Waals surface area contributed by atoms with Crippen LogP contribution < -0.4 is 10.6 Å². The topological polar surface area (TPSA) is 106 Å². The number of hydrogen-bond acceptors (Lipinski definition) is 6. The summed E-state index contributed by atoms with van der Waals surface area (Å²) in [6.45, 7) is 6.34. The minimum absolute atomic E-state index is 0.0391. The predicted molar refractivity (Wildman–Crippen MR) is 144 cm³/mol. The van der Waals surface area contributed by atoms with Gasteiger partial charge in [0.2, 0.25) is 5.91 Å². The summed E-state index contributed by atoms with van der Waals surface area (Å²) < 4.78 is 0. The molecule has 2 aromatic heterocycles. The molecule has 0 unspecified atom stereocenters. The lowest BCUT2D eigenvalue weighted by molar-refractivity contribution is -0.118. The van der Waals surface area contributed by atoms with Crippen molar-refractivity contribution >= 4 is 28.7 Å². The van der Waals surface area contributed by atoms with Gasteiger partial charge >= 0.3 is 0 Å². The van der Waals surface area contributed by atoms with Crippen molar-refractivity contribution in [3.63, 3.8) is 0 Å². The van der Waals surface area contributed by atoms with Crippen LogP contribution in [0.3, 0.4) is 0 Å². The van der Waals surface area contributed by atoms with E-state index in [4.69, 9.17) is 9.97 Å². The normalized spacial score (nSPS) is 14.0. The second kappa shape index (κ2) is 11.2. The highest BCUT2D eigenvalue weighted by Gasteiger charge is 2.24. The molecule has 3 heterocycles. The van der Waals surface area contributed by atoms with Gasteiger partial charge in [0.05, 0.1) is 5.39 Å². The molecular weight excluding hydrogens is 466 g/mol. The standard InChI is InChI=1S/C28H31N7O2/c1-20(36)29-12-13-30-26-23-18-24(31-27(23)33-25(32-26)22-10-6-3-7-11-22)28(37)35-16-14-34(15-17-35)19-21-8-4-2-5-9-21/h2-11,18H,12-17,19H2,1H3,(H,29,36)(H2,30,31,32,33). The van der Waals surface area contributed by atoms with Crippen molar-refractivity contribution in [2.75, 3.05) is 44.6 Å². The van der Waals surface area contributed by atoms with Crippen LogP contribution in [-0.4, -0.2) is 75.8 Å². The molecule has 9 heteroatoms. The number of anilines is 1. The Kier molecular flexibility index (Phi) is 7.41. The van der Waals surface area contributed by atoms with Gasteiger partial charge in [0.15, 0.2) is 5.82 Å². The minimum atomic E-state index is -0.0852. The number of nitrogens with zero attached hydrogens (tertiary/aromatic N) is 4. The second-order valence-electron chi connectivity index (χ2n) is 9.17. The van der Waals surface area contributed by atoms with Gasteiger partial charge in [-0.1, -0.05) is 60.7 Å². The van der Waals surface area contributed by atoms with Crippen LogP contribution >= 0.6 is 0 Å². The fourth-order valence-electron chi connectivity index (χ4n) is 4.52. The third kappa shape index (κ3) is 5.95. The van der Waals surface area contributed by atoms with Crippen LogP contribution in [0.15, 0.2) is 66.7 Å². The first-order valence-electron chi connectivity index (χ1n) is 12.6.